The Hall–Kier alpha value is -1.05. The van der Waals surface area contributed by atoms with Crippen molar-refractivity contribution in [3.63, 3.8) is 0 Å². The molecule has 1 aromatic heterocycles. The van der Waals surface area contributed by atoms with Gasteiger partial charge in [0.05, 0.1) is 11.5 Å². The van der Waals surface area contributed by atoms with Crippen LogP contribution in [0, 0.1) is 5.92 Å². The van der Waals surface area contributed by atoms with E-state index in [2.05, 4.69) is 29.3 Å². The Balaban J connectivity index is 2.73. The molecule has 0 amide bonds. The fourth-order valence-corrected chi connectivity index (χ4v) is 1.27. The first-order valence-corrected chi connectivity index (χ1v) is 3.58. The number of aromatic nitrogens is 2. The molecule has 1 aliphatic rings. The molecule has 1 N–H and O–H groups in total. The summed E-state index contributed by atoms with van der Waals surface area (Å²) in [5, 5.41) is 9.33. The SMILES string of the molecule is CC1C=c2[nH]ncc2=CC1. The average Bonchev–Trinajstić information content (AvgIpc) is 2.33. The Morgan fingerprint density at radius 2 is 2.60 bits per heavy atom. The van der Waals surface area contributed by atoms with E-state index >= 15 is 0 Å². The van der Waals surface area contributed by atoms with Crippen molar-refractivity contribution in [2.75, 3.05) is 0 Å². The van der Waals surface area contributed by atoms with E-state index < -0.39 is 0 Å². The number of nitrogens with zero attached hydrogens (tertiary/aromatic N) is 1. The van der Waals surface area contributed by atoms with Crippen LogP contribution in [0.5, 0.6) is 0 Å². The molecule has 0 radical (unpaired) electrons. The monoisotopic (exact) mass is 134 g/mol. The molecule has 1 aromatic rings. The van der Waals surface area contributed by atoms with Gasteiger partial charge in [0, 0.05) is 5.22 Å². The number of nitrogens with one attached hydrogen (secondary N) is 1. The first kappa shape index (κ1) is 5.71. The first-order valence-electron chi connectivity index (χ1n) is 3.58. The fourth-order valence-electron chi connectivity index (χ4n) is 1.27. The second-order valence-corrected chi connectivity index (χ2v) is 2.82. The minimum Gasteiger partial charge on any atom is -0.278 e. The van der Waals surface area contributed by atoms with Crippen LogP contribution >= 0.6 is 0 Å². The van der Waals surface area contributed by atoms with Gasteiger partial charge in [0.2, 0.25) is 0 Å². The summed E-state index contributed by atoms with van der Waals surface area (Å²) in [5.41, 5.74) is 0. The summed E-state index contributed by atoms with van der Waals surface area (Å²) in [6, 6.07) is 0. The van der Waals surface area contributed by atoms with Crippen molar-refractivity contribution in [2.24, 2.45) is 5.92 Å². The summed E-state index contributed by atoms with van der Waals surface area (Å²) < 4.78 is 0. The van der Waals surface area contributed by atoms with Gasteiger partial charge in [-0.3, -0.25) is 5.10 Å². The largest absolute Gasteiger partial charge is 0.278 e. The van der Waals surface area contributed by atoms with E-state index in [0.29, 0.717) is 5.92 Å². The standard InChI is InChI=1S/C8H10N2/c1-6-2-3-7-5-9-10-8(7)4-6/h3-6,10H,2H2,1H3. The number of hydrogen-bond acceptors (Lipinski definition) is 1. The highest BCUT2D eigenvalue weighted by atomic mass is 15.1. The number of H-pyrrole nitrogens is 1. The summed E-state index contributed by atoms with van der Waals surface area (Å²) in [6.07, 6.45) is 7.47. The number of rotatable bonds is 0. The quantitative estimate of drug-likeness (QED) is 0.532. The Bertz CT molecular complexity index is 334. The van der Waals surface area contributed by atoms with Crippen molar-refractivity contribution in [1.82, 2.24) is 10.2 Å². The van der Waals surface area contributed by atoms with E-state index in [4.69, 9.17) is 0 Å². The Morgan fingerprint density at radius 3 is 3.50 bits per heavy atom. The molecule has 0 saturated heterocycles. The molecule has 0 bridgehead atoms. The Labute approximate surface area is 59.3 Å². The van der Waals surface area contributed by atoms with Crippen LogP contribution in [-0.2, 0) is 0 Å². The van der Waals surface area contributed by atoms with E-state index in [9.17, 15) is 0 Å². The van der Waals surface area contributed by atoms with Crippen molar-refractivity contribution >= 4 is 12.2 Å². The predicted octanol–water partition coefficient (Wildman–Crippen LogP) is 0.0105. The van der Waals surface area contributed by atoms with E-state index in [0.717, 1.165) is 6.42 Å². The molecule has 1 heterocycles. The minimum absolute atomic E-state index is 0.660. The topological polar surface area (TPSA) is 28.7 Å². The molecular formula is C8H10N2. The third-order valence-electron chi connectivity index (χ3n) is 1.86. The summed E-state index contributed by atoms with van der Waals surface area (Å²) in [6.45, 7) is 2.21. The van der Waals surface area contributed by atoms with Crippen molar-refractivity contribution in [1.29, 1.82) is 0 Å². The molecule has 0 aromatic carbocycles. The molecule has 0 spiro atoms. The lowest BCUT2D eigenvalue weighted by molar-refractivity contribution is 0.796. The molecule has 0 saturated carbocycles. The summed E-state index contributed by atoms with van der Waals surface area (Å²) in [4.78, 5) is 0. The molecule has 2 nitrogen and oxygen atoms in total. The maximum Gasteiger partial charge on any atom is 0.0610 e. The maximum absolute atomic E-state index is 3.95. The van der Waals surface area contributed by atoms with Crippen LogP contribution in [0.3, 0.4) is 0 Å². The lowest BCUT2D eigenvalue weighted by Crippen LogP contribution is -2.26. The molecular weight excluding hydrogens is 124 g/mol. The number of fused-ring (bicyclic) bond motifs is 1. The minimum atomic E-state index is 0.660. The van der Waals surface area contributed by atoms with E-state index in [1.807, 2.05) is 6.20 Å². The van der Waals surface area contributed by atoms with Gasteiger partial charge in [-0.25, -0.2) is 0 Å². The smallest absolute Gasteiger partial charge is 0.0610 e. The highest BCUT2D eigenvalue weighted by Gasteiger charge is 2.00. The van der Waals surface area contributed by atoms with Gasteiger partial charge in [-0.05, 0) is 12.3 Å². The normalized spacial score (nSPS) is 22.7. The van der Waals surface area contributed by atoms with E-state index in [-0.39, 0.29) is 0 Å². The van der Waals surface area contributed by atoms with Gasteiger partial charge in [-0.2, -0.15) is 5.10 Å². The second-order valence-electron chi connectivity index (χ2n) is 2.82. The third-order valence-corrected chi connectivity index (χ3v) is 1.86. The highest BCUT2D eigenvalue weighted by molar-refractivity contribution is 5.36. The Morgan fingerprint density at radius 1 is 1.70 bits per heavy atom. The predicted molar refractivity (Wildman–Crippen MR) is 40.5 cm³/mol. The number of aromatic amines is 1. The van der Waals surface area contributed by atoms with Gasteiger partial charge < -0.3 is 0 Å². The third kappa shape index (κ3) is 0.764. The highest BCUT2D eigenvalue weighted by Crippen LogP contribution is 2.04. The van der Waals surface area contributed by atoms with E-state index in [1.54, 1.807) is 0 Å². The van der Waals surface area contributed by atoms with Crippen LogP contribution in [-0.4, -0.2) is 10.2 Å². The molecule has 2 heteroatoms. The molecule has 0 aliphatic heterocycles. The van der Waals surface area contributed by atoms with Gasteiger partial charge in [0.25, 0.3) is 0 Å². The lowest BCUT2D eigenvalue weighted by Gasteiger charge is -2.02. The molecule has 10 heavy (non-hydrogen) atoms. The van der Waals surface area contributed by atoms with Crippen molar-refractivity contribution in [3.05, 3.63) is 16.8 Å². The van der Waals surface area contributed by atoms with Crippen molar-refractivity contribution in [2.45, 2.75) is 13.3 Å². The second kappa shape index (κ2) is 1.97. The average molecular weight is 134 g/mol. The van der Waals surface area contributed by atoms with Gasteiger partial charge in [-0.1, -0.05) is 19.1 Å². The van der Waals surface area contributed by atoms with Crippen LogP contribution in [0.1, 0.15) is 13.3 Å². The molecule has 1 aliphatic carbocycles. The zero-order valence-corrected chi connectivity index (χ0v) is 5.96. The molecule has 0 fully saturated rings. The molecule has 1 atom stereocenters. The van der Waals surface area contributed by atoms with Crippen LogP contribution in [0.4, 0.5) is 0 Å². The molecule has 1 unspecified atom stereocenters. The zero-order chi connectivity index (χ0) is 6.97. The molecule has 52 valence electrons. The van der Waals surface area contributed by atoms with Crippen LogP contribution in [0.15, 0.2) is 6.20 Å². The van der Waals surface area contributed by atoms with E-state index in [1.165, 1.54) is 10.6 Å². The zero-order valence-electron chi connectivity index (χ0n) is 5.96. The lowest BCUT2D eigenvalue weighted by atomic mass is 10.0. The number of hydrogen-bond donors (Lipinski definition) is 1. The van der Waals surface area contributed by atoms with Crippen LogP contribution in [0.2, 0.25) is 0 Å². The van der Waals surface area contributed by atoms with Gasteiger partial charge in [0.1, 0.15) is 0 Å². The fraction of sp³-hybridized carbons (Fsp3) is 0.375. The van der Waals surface area contributed by atoms with Crippen LogP contribution in [0.25, 0.3) is 12.2 Å². The first-order chi connectivity index (χ1) is 4.86. The summed E-state index contributed by atoms with van der Waals surface area (Å²) in [5.74, 6) is 0.660. The van der Waals surface area contributed by atoms with Gasteiger partial charge in [-0.15, -0.1) is 0 Å². The summed E-state index contributed by atoms with van der Waals surface area (Å²) in [7, 11) is 0. The van der Waals surface area contributed by atoms with Gasteiger partial charge >= 0.3 is 0 Å². The van der Waals surface area contributed by atoms with Crippen LogP contribution < -0.4 is 10.6 Å². The van der Waals surface area contributed by atoms with Crippen molar-refractivity contribution in [3.8, 4) is 0 Å². The molecule has 2 rings (SSSR count). The maximum atomic E-state index is 3.95. The summed E-state index contributed by atoms with van der Waals surface area (Å²) >= 11 is 0. The Kier molecular flexibility index (Phi) is 1.13. The van der Waals surface area contributed by atoms with Gasteiger partial charge in [0.15, 0.2) is 0 Å². The van der Waals surface area contributed by atoms with Crippen molar-refractivity contribution < 1.29 is 0 Å².